The van der Waals surface area contributed by atoms with E-state index >= 15 is 0 Å². The minimum atomic E-state index is -0.330. The van der Waals surface area contributed by atoms with Gasteiger partial charge in [-0.2, -0.15) is 0 Å². The van der Waals surface area contributed by atoms with Crippen LogP contribution in [-0.2, 0) is 0 Å². The summed E-state index contributed by atoms with van der Waals surface area (Å²) in [5, 5.41) is 12.3. The average Bonchev–Trinajstić information content (AvgIpc) is 2.25. The monoisotopic (exact) mass is 227 g/mol. The molecule has 1 aromatic rings. The van der Waals surface area contributed by atoms with Gasteiger partial charge < -0.3 is 15.2 Å². The fourth-order valence-corrected chi connectivity index (χ4v) is 1.42. The van der Waals surface area contributed by atoms with Gasteiger partial charge in [0.2, 0.25) is 0 Å². The second-order valence-electron chi connectivity index (χ2n) is 4.02. The van der Waals surface area contributed by atoms with Crippen LogP contribution in [0.3, 0.4) is 0 Å². The second-order valence-corrected chi connectivity index (χ2v) is 4.02. The van der Waals surface area contributed by atoms with E-state index in [-0.39, 0.29) is 24.4 Å². The highest BCUT2D eigenvalue weighted by atomic mass is 19.1. The molecule has 0 radical (unpaired) electrons. The molecule has 0 amide bonds. The molecule has 90 valence electrons. The number of nitrogens with one attached hydrogen (secondary N) is 1. The van der Waals surface area contributed by atoms with E-state index in [1.54, 1.807) is 6.07 Å². The number of aliphatic hydroxyl groups excluding tert-OH is 1. The number of aliphatic hydroxyl groups is 1. The number of benzene rings is 1. The summed E-state index contributed by atoms with van der Waals surface area (Å²) in [5.74, 6) is 0.488. The third kappa shape index (κ3) is 3.10. The van der Waals surface area contributed by atoms with Crippen LogP contribution in [0, 0.1) is 11.7 Å². The van der Waals surface area contributed by atoms with Crippen LogP contribution in [0.5, 0.6) is 5.75 Å². The smallest absolute Gasteiger partial charge is 0.142 e. The van der Waals surface area contributed by atoms with Crippen LogP contribution in [-0.4, -0.2) is 24.9 Å². The molecule has 1 unspecified atom stereocenters. The maximum atomic E-state index is 13.1. The molecule has 0 saturated heterocycles. The first-order valence-electron chi connectivity index (χ1n) is 5.29. The van der Waals surface area contributed by atoms with Crippen molar-refractivity contribution >= 4 is 5.69 Å². The van der Waals surface area contributed by atoms with Crippen LogP contribution in [0.2, 0.25) is 0 Å². The summed E-state index contributed by atoms with van der Waals surface area (Å²) >= 11 is 0. The van der Waals surface area contributed by atoms with Gasteiger partial charge in [-0.1, -0.05) is 13.8 Å². The molecule has 16 heavy (non-hydrogen) atoms. The van der Waals surface area contributed by atoms with Crippen molar-refractivity contribution in [3.05, 3.63) is 24.0 Å². The van der Waals surface area contributed by atoms with Crippen molar-refractivity contribution in [3.63, 3.8) is 0 Å². The molecule has 4 heteroatoms. The quantitative estimate of drug-likeness (QED) is 0.810. The normalized spacial score (nSPS) is 12.6. The van der Waals surface area contributed by atoms with Gasteiger partial charge in [0, 0.05) is 6.07 Å². The summed E-state index contributed by atoms with van der Waals surface area (Å²) in [6.45, 7) is 3.97. The summed E-state index contributed by atoms with van der Waals surface area (Å²) in [7, 11) is 1.53. The van der Waals surface area contributed by atoms with Crippen molar-refractivity contribution in [1.82, 2.24) is 0 Å². The van der Waals surface area contributed by atoms with E-state index in [9.17, 15) is 9.50 Å². The Balaban J connectivity index is 2.89. The van der Waals surface area contributed by atoms with E-state index in [1.807, 2.05) is 13.8 Å². The lowest BCUT2D eigenvalue weighted by atomic mass is 10.1. The largest absolute Gasteiger partial charge is 0.495 e. The fraction of sp³-hybridized carbons (Fsp3) is 0.500. The number of ether oxygens (including phenoxy) is 1. The van der Waals surface area contributed by atoms with Gasteiger partial charge in [0.25, 0.3) is 0 Å². The third-order valence-electron chi connectivity index (χ3n) is 2.50. The Hall–Kier alpha value is -1.29. The Morgan fingerprint density at radius 3 is 2.62 bits per heavy atom. The van der Waals surface area contributed by atoms with Gasteiger partial charge in [-0.25, -0.2) is 4.39 Å². The lowest BCUT2D eigenvalue weighted by Gasteiger charge is -2.22. The van der Waals surface area contributed by atoms with Crippen molar-refractivity contribution < 1.29 is 14.2 Å². The van der Waals surface area contributed by atoms with Gasteiger partial charge in [-0.3, -0.25) is 0 Å². The lowest BCUT2D eigenvalue weighted by Crippen LogP contribution is -2.29. The molecular weight excluding hydrogens is 209 g/mol. The Morgan fingerprint density at radius 2 is 2.12 bits per heavy atom. The first-order chi connectivity index (χ1) is 7.58. The molecule has 0 aromatic heterocycles. The molecule has 1 aromatic carbocycles. The Labute approximate surface area is 95.2 Å². The molecule has 0 saturated carbocycles. The van der Waals surface area contributed by atoms with Gasteiger partial charge in [0.05, 0.1) is 25.4 Å². The molecule has 0 fully saturated rings. The summed E-state index contributed by atoms with van der Waals surface area (Å²) in [6.07, 6.45) is 0. The third-order valence-corrected chi connectivity index (χ3v) is 2.50. The van der Waals surface area contributed by atoms with E-state index in [2.05, 4.69) is 5.32 Å². The minimum absolute atomic E-state index is 0.00264. The molecule has 1 rings (SSSR count). The molecule has 0 aliphatic carbocycles. The molecule has 1 atom stereocenters. The SMILES string of the molecule is COc1ccc(F)cc1NC(CO)C(C)C. The highest BCUT2D eigenvalue weighted by molar-refractivity contribution is 5.57. The van der Waals surface area contributed by atoms with Gasteiger partial charge >= 0.3 is 0 Å². The van der Waals surface area contributed by atoms with E-state index in [0.717, 1.165) is 0 Å². The zero-order valence-corrected chi connectivity index (χ0v) is 9.83. The van der Waals surface area contributed by atoms with E-state index in [4.69, 9.17) is 4.74 Å². The van der Waals surface area contributed by atoms with Crippen molar-refractivity contribution in [1.29, 1.82) is 0 Å². The molecule has 0 aliphatic heterocycles. The van der Waals surface area contributed by atoms with Crippen molar-refractivity contribution in [2.45, 2.75) is 19.9 Å². The van der Waals surface area contributed by atoms with Crippen LogP contribution in [0.15, 0.2) is 18.2 Å². The molecule has 0 heterocycles. The lowest BCUT2D eigenvalue weighted by molar-refractivity contribution is 0.249. The standard InChI is InChI=1S/C12H18FNO2/c1-8(2)11(7-15)14-10-6-9(13)4-5-12(10)16-3/h4-6,8,11,14-15H,7H2,1-3H3. The number of anilines is 1. The predicted molar refractivity (Wildman–Crippen MR) is 62.3 cm³/mol. The Kier molecular flexibility index (Phi) is 4.55. The molecule has 2 N–H and O–H groups in total. The van der Waals surface area contributed by atoms with Crippen LogP contribution >= 0.6 is 0 Å². The van der Waals surface area contributed by atoms with Gasteiger partial charge in [0.15, 0.2) is 0 Å². The number of hydrogen-bond acceptors (Lipinski definition) is 3. The van der Waals surface area contributed by atoms with Crippen molar-refractivity contribution in [2.24, 2.45) is 5.92 Å². The predicted octanol–water partition coefficient (Wildman–Crippen LogP) is 2.26. The summed E-state index contributed by atoms with van der Waals surface area (Å²) in [6, 6.07) is 4.15. The Bertz CT molecular complexity index is 342. The van der Waals surface area contributed by atoms with Crippen molar-refractivity contribution in [3.8, 4) is 5.75 Å². The van der Waals surface area contributed by atoms with E-state index in [0.29, 0.717) is 11.4 Å². The maximum Gasteiger partial charge on any atom is 0.142 e. The van der Waals surface area contributed by atoms with Crippen LogP contribution < -0.4 is 10.1 Å². The summed E-state index contributed by atoms with van der Waals surface area (Å²) in [5.41, 5.74) is 0.565. The second kappa shape index (κ2) is 5.70. The zero-order chi connectivity index (χ0) is 12.1. The molecule has 3 nitrogen and oxygen atoms in total. The number of halogens is 1. The molecular formula is C12H18FNO2. The highest BCUT2D eigenvalue weighted by Gasteiger charge is 2.14. The minimum Gasteiger partial charge on any atom is -0.495 e. The average molecular weight is 227 g/mol. The first-order valence-corrected chi connectivity index (χ1v) is 5.29. The number of rotatable bonds is 5. The van der Waals surface area contributed by atoms with Gasteiger partial charge in [-0.05, 0) is 18.1 Å². The maximum absolute atomic E-state index is 13.1. The molecule has 0 spiro atoms. The highest BCUT2D eigenvalue weighted by Crippen LogP contribution is 2.26. The Morgan fingerprint density at radius 1 is 1.44 bits per heavy atom. The van der Waals surface area contributed by atoms with E-state index < -0.39 is 0 Å². The van der Waals surface area contributed by atoms with Crippen LogP contribution in [0.4, 0.5) is 10.1 Å². The van der Waals surface area contributed by atoms with Gasteiger partial charge in [-0.15, -0.1) is 0 Å². The summed E-state index contributed by atoms with van der Waals surface area (Å²) in [4.78, 5) is 0. The van der Waals surface area contributed by atoms with Gasteiger partial charge in [0.1, 0.15) is 11.6 Å². The van der Waals surface area contributed by atoms with Crippen molar-refractivity contribution in [2.75, 3.05) is 19.0 Å². The fourth-order valence-electron chi connectivity index (χ4n) is 1.42. The number of hydrogen-bond donors (Lipinski definition) is 2. The first kappa shape index (κ1) is 12.8. The van der Waals surface area contributed by atoms with E-state index in [1.165, 1.54) is 19.2 Å². The molecule has 0 bridgehead atoms. The zero-order valence-electron chi connectivity index (χ0n) is 9.83. The molecule has 0 aliphatic rings. The topological polar surface area (TPSA) is 41.5 Å². The summed E-state index contributed by atoms with van der Waals surface area (Å²) < 4.78 is 18.2. The number of methoxy groups -OCH3 is 1. The van der Waals surface area contributed by atoms with Crippen LogP contribution in [0.25, 0.3) is 0 Å². The van der Waals surface area contributed by atoms with Crippen LogP contribution in [0.1, 0.15) is 13.8 Å².